The second-order valence-electron chi connectivity index (χ2n) is 6.82. The van der Waals surface area contributed by atoms with Crippen LogP contribution in [0, 0.1) is 6.92 Å². The van der Waals surface area contributed by atoms with E-state index >= 15 is 0 Å². The van der Waals surface area contributed by atoms with Gasteiger partial charge >= 0.3 is 0 Å². The molecule has 2 heterocycles. The minimum absolute atomic E-state index is 0.0140. The third-order valence-corrected chi connectivity index (χ3v) is 5.62. The Morgan fingerprint density at radius 3 is 2.75 bits per heavy atom. The predicted molar refractivity (Wildman–Crippen MR) is 113 cm³/mol. The summed E-state index contributed by atoms with van der Waals surface area (Å²) in [4.78, 5) is 30.4. The summed E-state index contributed by atoms with van der Waals surface area (Å²) >= 11 is 1.46. The number of amides is 1. The molecule has 1 N–H and O–H groups in total. The van der Waals surface area contributed by atoms with Crippen LogP contribution in [0.1, 0.15) is 25.3 Å². The van der Waals surface area contributed by atoms with Crippen molar-refractivity contribution >= 4 is 27.5 Å². The fourth-order valence-electron chi connectivity index (χ4n) is 3.06. The maximum atomic E-state index is 13.0. The van der Waals surface area contributed by atoms with Crippen molar-refractivity contribution in [2.75, 3.05) is 13.7 Å². The van der Waals surface area contributed by atoms with Crippen LogP contribution in [0.4, 0.5) is 0 Å². The number of fused-ring (bicyclic) bond motifs is 1. The number of methoxy groups -OCH3 is 1. The molecule has 0 bridgehead atoms. The van der Waals surface area contributed by atoms with E-state index in [-0.39, 0.29) is 23.9 Å². The van der Waals surface area contributed by atoms with Gasteiger partial charge in [0.1, 0.15) is 4.83 Å². The molecule has 28 heavy (non-hydrogen) atoms. The number of ether oxygens (including phenoxy) is 1. The van der Waals surface area contributed by atoms with Gasteiger partial charge < -0.3 is 10.1 Å². The molecule has 6 nitrogen and oxygen atoms in total. The third-order valence-electron chi connectivity index (χ3n) is 4.73. The number of benzene rings is 1. The van der Waals surface area contributed by atoms with Crippen LogP contribution in [-0.2, 0) is 16.1 Å². The van der Waals surface area contributed by atoms with Crippen LogP contribution in [0.25, 0.3) is 21.3 Å². The highest BCUT2D eigenvalue weighted by molar-refractivity contribution is 7.17. The number of aromatic nitrogens is 2. The second-order valence-corrected chi connectivity index (χ2v) is 7.67. The number of hydrogen-bond acceptors (Lipinski definition) is 5. The van der Waals surface area contributed by atoms with E-state index in [9.17, 15) is 9.59 Å². The first kappa shape index (κ1) is 20.2. The van der Waals surface area contributed by atoms with Crippen LogP contribution < -0.4 is 10.9 Å². The lowest BCUT2D eigenvalue weighted by Crippen LogP contribution is -2.38. The van der Waals surface area contributed by atoms with Gasteiger partial charge in [-0.3, -0.25) is 14.2 Å². The van der Waals surface area contributed by atoms with Crippen molar-refractivity contribution in [1.82, 2.24) is 14.9 Å². The zero-order valence-electron chi connectivity index (χ0n) is 16.4. The maximum Gasteiger partial charge on any atom is 0.262 e. The smallest absolute Gasteiger partial charge is 0.262 e. The number of aryl methyl sites for hydroxylation is 2. The first-order chi connectivity index (χ1) is 13.5. The fourth-order valence-corrected chi connectivity index (χ4v) is 3.96. The molecule has 3 rings (SSSR count). The molecule has 0 radical (unpaired) electrons. The van der Waals surface area contributed by atoms with Crippen LogP contribution in [0.2, 0.25) is 0 Å². The molecule has 0 saturated heterocycles. The topological polar surface area (TPSA) is 73.2 Å². The summed E-state index contributed by atoms with van der Waals surface area (Å²) in [5.74, 6) is -0.0972. The molecule has 0 saturated carbocycles. The summed E-state index contributed by atoms with van der Waals surface area (Å²) in [5.41, 5.74) is 2.95. The lowest BCUT2D eigenvalue weighted by atomic mass is 10.1. The van der Waals surface area contributed by atoms with Gasteiger partial charge in [-0.1, -0.05) is 36.8 Å². The lowest BCUT2D eigenvalue weighted by Gasteiger charge is -2.16. The standard InChI is InChI=1S/C21H25N3O3S/c1-4-16(11-27-3)23-18(25)9-10-24-13-22-20-19(21(24)26)17(12-28-20)15-7-5-14(2)6-8-15/h5-8,12-13,16H,4,9-11H2,1-3H3,(H,23,25). The van der Waals surface area contributed by atoms with Crippen LogP contribution in [0.3, 0.4) is 0 Å². The minimum atomic E-state index is -0.112. The summed E-state index contributed by atoms with van der Waals surface area (Å²) in [6.07, 6.45) is 2.54. The summed E-state index contributed by atoms with van der Waals surface area (Å²) in [5, 5.41) is 5.52. The van der Waals surface area contributed by atoms with Crippen molar-refractivity contribution in [3.8, 4) is 11.1 Å². The molecule has 0 spiro atoms. The van der Waals surface area contributed by atoms with E-state index in [0.717, 1.165) is 17.5 Å². The van der Waals surface area contributed by atoms with E-state index in [1.54, 1.807) is 7.11 Å². The van der Waals surface area contributed by atoms with Gasteiger partial charge in [0.25, 0.3) is 5.56 Å². The minimum Gasteiger partial charge on any atom is -0.383 e. The largest absolute Gasteiger partial charge is 0.383 e. The molecule has 148 valence electrons. The number of rotatable bonds is 8. The maximum absolute atomic E-state index is 13.0. The van der Waals surface area contributed by atoms with Gasteiger partial charge in [0.15, 0.2) is 0 Å². The van der Waals surface area contributed by atoms with E-state index in [1.165, 1.54) is 27.8 Å². The monoisotopic (exact) mass is 399 g/mol. The number of nitrogens with zero attached hydrogens (tertiary/aromatic N) is 2. The predicted octanol–water partition coefficient (Wildman–Crippen LogP) is 3.36. The number of carbonyl (C=O) groups excluding carboxylic acids is 1. The van der Waals surface area contributed by atoms with E-state index in [1.807, 2.05) is 43.5 Å². The Labute approximate surface area is 168 Å². The average molecular weight is 400 g/mol. The Morgan fingerprint density at radius 1 is 1.32 bits per heavy atom. The zero-order valence-corrected chi connectivity index (χ0v) is 17.2. The summed E-state index contributed by atoms with van der Waals surface area (Å²) in [7, 11) is 1.61. The van der Waals surface area contributed by atoms with Crippen molar-refractivity contribution in [1.29, 1.82) is 0 Å². The third kappa shape index (κ3) is 4.48. The van der Waals surface area contributed by atoms with E-state index in [0.29, 0.717) is 23.4 Å². The first-order valence-corrected chi connectivity index (χ1v) is 10.2. The Hall–Kier alpha value is -2.51. The van der Waals surface area contributed by atoms with Crippen LogP contribution in [0.15, 0.2) is 40.8 Å². The first-order valence-electron chi connectivity index (χ1n) is 9.35. The van der Waals surface area contributed by atoms with Crippen LogP contribution >= 0.6 is 11.3 Å². The average Bonchev–Trinajstić information content (AvgIpc) is 3.12. The highest BCUT2D eigenvalue weighted by Gasteiger charge is 2.15. The van der Waals surface area contributed by atoms with Gasteiger partial charge in [0.2, 0.25) is 5.91 Å². The summed E-state index contributed by atoms with van der Waals surface area (Å²) < 4.78 is 6.62. The number of hydrogen-bond donors (Lipinski definition) is 1. The van der Waals surface area contributed by atoms with Gasteiger partial charge in [0, 0.05) is 31.0 Å². The molecule has 0 aliphatic carbocycles. The van der Waals surface area contributed by atoms with E-state index in [2.05, 4.69) is 10.3 Å². The Kier molecular flexibility index (Phi) is 6.59. The van der Waals surface area contributed by atoms with Gasteiger partial charge in [-0.05, 0) is 18.9 Å². The molecule has 7 heteroatoms. The second kappa shape index (κ2) is 9.12. The van der Waals surface area contributed by atoms with Crippen LogP contribution in [0.5, 0.6) is 0 Å². The Balaban J connectivity index is 1.80. The van der Waals surface area contributed by atoms with Crippen molar-refractivity contribution in [2.24, 2.45) is 0 Å². The normalized spacial score (nSPS) is 12.2. The molecule has 2 aromatic heterocycles. The van der Waals surface area contributed by atoms with Crippen molar-refractivity contribution in [3.63, 3.8) is 0 Å². The molecular weight excluding hydrogens is 374 g/mol. The molecule has 1 aromatic carbocycles. The Morgan fingerprint density at radius 2 is 2.07 bits per heavy atom. The summed E-state index contributed by atoms with van der Waals surface area (Å²) in [6.45, 7) is 4.80. The zero-order chi connectivity index (χ0) is 20.1. The molecule has 0 aliphatic rings. The Bertz CT molecular complexity index is 1010. The fraction of sp³-hybridized carbons (Fsp3) is 0.381. The summed E-state index contributed by atoms with van der Waals surface area (Å²) in [6, 6.07) is 8.08. The molecule has 1 amide bonds. The molecule has 0 aliphatic heterocycles. The molecule has 1 atom stereocenters. The molecule has 3 aromatic rings. The molecule has 1 unspecified atom stereocenters. The highest BCUT2D eigenvalue weighted by atomic mass is 32.1. The van der Waals surface area contributed by atoms with E-state index in [4.69, 9.17) is 4.74 Å². The van der Waals surface area contributed by atoms with Crippen LogP contribution in [-0.4, -0.2) is 35.2 Å². The van der Waals surface area contributed by atoms with Gasteiger partial charge in [0.05, 0.1) is 24.4 Å². The molecular formula is C21H25N3O3S. The SMILES string of the molecule is CCC(COC)NC(=O)CCn1cnc2scc(-c3ccc(C)cc3)c2c1=O. The number of nitrogens with one attached hydrogen (secondary N) is 1. The van der Waals surface area contributed by atoms with E-state index < -0.39 is 0 Å². The lowest BCUT2D eigenvalue weighted by molar-refractivity contribution is -0.122. The van der Waals surface area contributed by atoms with Crippen molar-refractivity contribution in [3.05, 3.63) is 51.9 Å². The van der Waals surface area contributed by atoms with Crippen molar-refractivity contribution in [2.45, 2.75) is 39.3 Å². The number of thiophene rings is 1. The van der Waals surface area contributed by atoms with Crippen molar-refractivity contribution < 1.29 is 9.53 Å². The van der Waals surface area contributed by atoms with Gasteiger partial charge in [-0.15, -0.1) is 11.3 Å². The quantitative estimate of drug-likeness (QED) is 0.630. The number of carbonyl (C=O) groups is 1. The highest BCUT2D eigenvalue weighted by Crippen LogP contribution is 2.30. The van der Waals surface area contributed by atoms with Gasteiger partial charge in [-0.2, -0.15) is 0 Å². The molecule has 0 fully saturated rings. The van der Waals surface area contributed by atoms with Gasteiger partial charge in [-0.25, -0.2) is 4.98 Å².